The van der Waals surface area contributed by atoms with Crippen molar-refractivity contribution in [3.8, 4) is 5.75 Å². The molecule has 27 heavy (non-hydrogen) atoms. The number of hydrogen-bond donors (Lipinski definition) is 2. The van der Waals surface area contributed by atoms with Crippen LogP contribution < -0.4 is 15.5 Å². The Kier molecular flexibility index (Phi) is 6.55. The summed E-state index contributed by atoms with van der Waals surface area (Å²) in [5.41, 5.74) is 3.01. The van der Waals surface area contributed by atoms with E-state index in [1.807, 2.05) is 31.2 Å². The maximum Gasteiger partial charge on any atom is 0.325 e. The fourth-order valence-electron chi connectivity index (χ4n) is 2.51. The summed E-state index contributed by atoms with van der Waals surface area (Å²) < 4.78 is 5.53. The van der Waals surface area contributed by atoms with Crippen molar-refractivity contribution in [2.75, 3.05) is 13.2 Å². The number of carbonyl (C=O) groups is 3. The number of hydrogen-bond acceptors (Lipinski definition) is 5. The summed E-state index contributed by atoms with van der Waals surface area (Å²) in [5.74, 6) is 0.0711. The van der Waals surface area contributed by atoms with Crippen molar-refractivity contribution in [3.05, 3.63) is 29.8 Å². The average Bonchev–Trinajstić information content (AvgIpc) is 2.83. The van der Waals surface area contributed by atoms with Gasteiger partial charge in [0.25, 0.3) is 5.91 Å². The van der Waals surface area contributed by atoms with Gasteiger partial charge in [0.2, 0.25) is 5.91 Å². The molecule has 0 radical (unpaired) electrons. The molecule has 8 nitrogen and oxygen atoms in total. The van der Waals surface area contributed by atoms with Crippen LogP contribution in [0.3, 0.4) is 0 Å². The number of amides is 4. The molecule has 1 aliphatic heterocycles. The lowest BCUT2D eigenvalue weighted by Crippen LogP contribution is -2.40. The summed E-state index contributed by atoms with van der Waals surface area (Å²) >= 11 is 0. The van der Waals surface area contributed by atoms with Gasteiger partial charge in [0.15, 0.2) is 0 Å². The second-order valence-corrected chi connectivity index (χ2v) is 6.87. The molecular weight excluding hydrogens is 348 g/mol. The molecule has 1 saturated heterocycles. The maximum absolute atomic E-state index is 12.1. The average molecular weight is 374 g/mol. The van der Waals surface area contributed by atoms with Gasteiger partial charge in [-0.2, -0.15) is 5.10 Å². The minimum absolute atomic E-state index is 0.0119. The molecular formula is C19H26N4O4. The number of urea groups is 1. The van der Waals surface area contributed by atoms with Crippen LogP contribution in [-0.2, 0) is 9.59 Å². The van der Waals surface area contributed by atoms with E-state index in [1.54, 1.807) is 20.8 Å². The normalized spacial score (nSPS) is 16.3. The Morgan fingerprint density at radius 2 is 1.93 bits per heavy atom. The molecule has 8 heteroatoms. The van der Waals surface area contributed by atoms with Crippen LogP contribution in [-0.4, -0.2) is 47.1 Å². The molecule has 1 aliphatic rings. The first-order valence-electron chi connectivity index (χ1n) is 8.95. The number of benzene rings is 1. The Labute approximate surface area is 158 Å². The SMILES string of the molecule is CCCOc1ccc(/C(C)=N\NC(=O)CCN2C(=O)NC(C)(C)C2=O)cc1. The van der Waals surface area contributed by atoms with Gasteiger partial charge in [0.1, 0.15) is 11.3 Å². The molecule has 0 unspecified atom stereocenters. The summed E-state index contributed by atoms with van der Waals surface area (Å²) in [6.07, 6.45) is 0.923. The topological polar surface area (TPSA) is 100 Å². The number of rotatable bonds is 8. The molecule has 0 atom stereocenters. The Morgan fingerprint density at radius 1 is 1.26 bits per heavy atom. The van der Waals surface area contributed by atoms with Crippen LogP contribution in [0.15, 0.2) is 29.4 Å². The van der Waals surface area contributed by atoms with Gasteiger partial charge in [-0.1, -0.05) is 6.92 Å². The van der Waals surface area contributed by atoms with E-state index in [0.29, 0.717) is 12.3 Å². The highest BCUT2D eigenvalue weighted by Crippen LogP contribution is 2.16. The van der Waals surface area contributed by atoms with E-state index < -0.39 is 11.6 Å². The second-order valence-electron chi connectivity index (χ2n) is 6.87. The van der Waals surface area contributed by atoms with Gasteiger partial charge in [0, 0.05) is 13.0 Å². The minimum atomic E-state index is -0.935. The van der Waals surface area contributed by atoms with Crippen LogP contribution in [0, 0.1) is 0 Å². The largest absolute Gasteiger partial charge is 0.494 e. The number of ether oxygens (including phenoxy) is 1. The third-order valence-electron chi connectivity index (χ3n) is 4.10. The molecule has 146 valence electrons. The summed E-state index contributed by atoms with van der Waals surface area (Å²) in [6, 6.07) is 6.95. The molecule has 1 aromatic rings. The monoisotopic (exact) mass is 374 g/mol. The van der Waals surface area contributed by atoms with Gasteiger partial charge in [-0.05, 0) is 57.0 Å². The minimum Gasteiger partial charge on any atom is -0.494 e. The first-order chi connectivity index (χ1) is 12.7. The number of imide groups is 1. The highest BCUT2D eigenvalue weighted by atomic mass is 16.5. The summed E-state index contributed by atoms with van der Waals surface area (Å²) in [7, 11) is 0. The van der Waals surface area contributed by atoms with Crippen molar-refractivity contribution in [1.82, 2.24) is 15.6 Å². The standard InChI is InChI=1S/C19H26N4O4/c1-5-12-27-15-8-6-14(7-9-15)13(2)21-22-16(24)10-11-23-17(25)19(3,4)20-18(23)26/h6-9H,5,10-12H2,1-4H3,(H,20,26)(H,22,24)/b21-13-. The molecule has 1 fully saturated rings. The van der Waals surface area contributed by atoms with Crippen LogP contribution in [0.2, 0.25) is 0 Å². The van der Waals surface area contributed by atoms with Crippen molar-refractivity contribution in [2.45, 2.75) is 46.1 Å². The van der Waals surface area contributed by atoms with Crippen LogP contribution in [0.1, 0.15) is 46.1 Å². The van der Waals surface area contributed by atoms with E-state index in [0.717, 1.165) is 22.6 Å². The number of nitrogens with one attached hydrogen (secondary N) is 2. The molecule has 1 heterocycles. The summed E-state index contributed by atoms with van der Waals surface area (Å²) in [5, 5.41) is 6.64. The van der Waals surface area contributed by atoms with E-state index in [2.05, 4.69) is 15.8 Å². The predicted molar refractivity (Wildman–Crippen MR) is 102 cm³/mol. The maximum atomic E-state index is 12.1. The lowest BCUT2D eigenvalue weighted by Gasteiger charge is -2.15. The quantitative estimate of drug-likeness (QED) is 0.413. The van der Waals surface area contributed by atoms with Crippen molar-refractivity contribution in [2.24, 2.45) is 5.10 Å². The molecule has 2 rings (SSSR count). The van der Waals surface area contributed by atoms with E-state index in [9.17, 15) is 14.4 Å². The van der Waals surface area contributed by atoms with Gasteiger partial charge >= 0.3 is 6.03 Å². The third kappa shape index (κ3) is 5.29. The first-order valence-corrected chi connectivity index (χ1v) is 8.95. The van der Waals surface area contributed by atoms with E-state index in [4.69, 9.17) is 4.74 Å². The molecule has 0 aromatic heterocycles. The summed E-state index contributed by atoms with van der Waals surface area (Å²) in [4.78, 5) is 36.9. The third-order valence-corrected chi connectivity index (χ3v) is 4.10. The van der Waals surface area contributed by atoms with E-state index in [-0.39, 0.29) is 24.8 Å². The molecule has 0 bridgehead atoms. The van der Waals surface area contributed by atoms with Crippen molar-refractivity contribution in [1.29, 1.82) is 0 Å². The van der Waals surface area contributed by atoms with Crippen molar-refractivity contribution < 1.29 is 19.1 Å². The van der Waals surface area contributed by atoms with E-state index >= 15 is 0 Å². The molecule has 0 spiro atoms. The Hall–Kier alpha value is -2.90. The lowest BCUT2D eigenvalue weighted by molar-refractivity contribution is -0.130. The zero-order chi connectivity index (χ0) is 20.0. The smallest absolute Gasteiger partial charge is 0.325 e. The predicted octanol–water partition coefficient (Wildman–Crippen LogP) is 2.04. The zero-order valence-corrected chi connectivity index (χ0v) is 16.2. The molecule has 1 aromatic carbocycles. The molecule has 2 N–H and O–H groups in total. The Bertz CT molecular complexity index is 741. The van der Waals surface area contributed by atoms with E-state index in [1.165, 1.54) is 0 Å². The summed E-state index contributed by atoms with van der Waals surface area (Å²) in [6.45, 7) is 7.75. The van der Waals surface area contributed by atoms with Crippen LogP contribution in [0.4, 0.5) is 4.79 Å². The number of hydrazone groups is 1. The Balaban J connectivity index is 1.85. The van der Waals surface area contributed by atoms with Gasteiger partial charge in [-0.15, -0.1) is 0 Å². The fourth-order valence-corrected chi connectivity index (χ4v) is 2.51. The van der Waals surface area contributed by atoms with Crippen LogP contribution in [0.5, 0.6) is 5.75 Å². The fraction of sp³-hybridized carbons (Fsp3) is 0.474. The molecule has 0 aliphatic carbocycles. The van der Waals surface area contributed by atoms with Gasteiger partial charge in [0.05, 0.1) is 12.3 Å². The first kappa shape index (κ1) is 20.4. The molecule has 0 saturated carbocycles. The number of nitrogens with zero attached hydrogens (tertiary/aromatic N) is 2. The highest BCUT2D eigenvalue weighted by Gasteiger charge is 2.43. The lowest BCUT2D eigenvalue weighted by atomic mass is 10.1. The zero-order valence-electron chi connectivity index (χ0n) is 16.2. The van der Waals surface area contributed by atoms with Gasteiger partial charge < -0.3 is 10.1 Å². The van der Waals surface area contributed by atoms with Crippen LogP contribution >= 0.6 is 0 Å². The van der Waals surface area contributed by atoms with Gasteiger partial charge in [-0.25, -0.2) is 10.2 Å². The van der Waals surface area contributed by atoms with Crippen LogP contribution in [0.25, 0.3) is 0 Å². The second kappa shape index (κ2) is 8.66. The van der Waals surface area contributed by atoms with Crippen molar-refractivity contribution in [3.63, 3.8) is 0 Å². The Morgan fingerprint density at radius 3 is 2.48 bits per heavy atom. The van der Waals surface area contributed by atoms with Gasteiger partial charge in [-0.3, -0.25) is 14.5 Å². The molecule has 4 amide bonds. The number of carbonyl (C=O) groups excluding carboxylic acids is 3. The van der Waals surface area contributed by atoms with Crippen molar-refractivity contribution >= 4 is 23.6 Å². The highest BCUT2D eigenvalue weighted by molar-refractivity contribution is 6.06.